The van der Waals surface area contributed by atoms with E-state index in [0.29, 0.717) is 5.17 Å². The van der Waals surface area contributed by atoms with Crippen LogP contribution in [0.1, 0.15) is 54.7 Å². The molecule has 1 heterocycles. The van der Waals surface area contributed by atoms with E-state index < -0.39 is 6.02 Å². The van der Waals surface area contributed by atoms with Crippen molar-refractivity contribution in [2.24, 2.45) is 0 Å². The van der Waals surface area contributed by atoms with Gasteiger partial charge in [-0.05, 0) is 45.8 Å². The van der Waals surface area contributed by atoms with Crippen LogP contribution in [0.15, 0.2) is 0 Å². The molecule has 1 unspecified atom stereocenters. The zero-order valence-corrected chi connectivity index (χ0v) is 11.1. The number of unbranched alkanes of at least 4 members (excludes halogenated alkanes) is 1. The molecule has 1 fully saturated rings. The fourth-order valence-corrected chi connectivity index (χ4v) is 2.03. The van der Waals surface area contributed by atoms with E-state index in [-0.39, 0.29) is 5.60 Å². The number of thiocarbonyl (C=S) groups is 1. The smallest absolute Gasteiger partial charge is 0.260 e. The third-order valence-corrected chi connectivity index (χ3v) is 2.74. The largest absolute Gasteiger partial charge is 0.465 e. The van der Waals surface area contributed by atoms with Gasteiger partial charge in [-0.1, -0.05) is 19.8 Å². The van der Waals surface area contributed by atoms with E-state index in [1.165, 1.54) is 0 Å². The highest BCUT2D eigenvalue weighted by Gasteiger charge is 2.31. The molecule has 88 valence electrons. The zero-order valence-electron chi connectivity index (χ0n) is 11.3. The first-order chi connectivity index (χ1) is 7.28. The van der Waals surface area contributed by atoms with Gasteiger partial charge in [0.25, 0.3) is 5.17 Å². The van der Waals surface area contributed by atoms with Gasteiger partial charge in [-0.2, -0.15) is 0 Å². The van der Waals surface area contributed by atoms with Gasteiger partial charge in [-0.25, -0.2) is 0 Å². The van der Waals surface area contributed by atoms with Gasteiger partial charge < -0.3 is 9.64 Å². The first-order valence-corrected chi connectivity index (χ1v) is 6.20. The number of likely N-dealkylation sites (tertiary alicyclic amines) is 1. The normalized spacial score (nSPS) is 26.9. The minimum absolute atomic E-state index is 0.266. The molecule has 0 aromatic heterocycles. The van der Waals surface area contributed by atoms with Crippen molar-refractivity contribution in [2.45, 2.75) is 65.0 Å². The summed E-state index contributed by atoms with van der Waals surface area (Å²) >= 11 is 5.26. The van der Waals surface area contributed by atoms with Gasteiger partial charge >= 0.3 is 0 Å². The van der Waals surface area contributed by atoms with E-state index in [2.05, 4.69) is 6.92 Å². The molecule has 1 aliphatic heterocycles. The second kappa shape index (κ2) is 5.15. The lowest BCUT2D eigenvalue weighted by molar-refractivity contribution is 0.0576. The predicted octanol–water partition coefficient (Wildman–Crippen LogP) is 3.35. The van der Waals surface area contributed by atoms with Crippen molar-refractivity contribution < 1.29 is 6.11 Å². The molecule has 0 aliphatic carbocycles. The Bertz CT molecular complexity index is 264. The van der Waals surface area contributed by atoms with Crippen molar-refractivity contribution in [1.29, 1.82) is 0 Å². The molecule has 0 aromatic carbocycles. The number of rotatable bonds is 3. The van der Waals surface area contributed by atoms with Crippen LogP contribution in [0.3, 0.4) is 0 Å². The molecule has 1 aliphatic rings. The van der Waals surface area contributed by atoms with E-state index >= 15 is 0 Å². The molecule has 0 spiro atoms. The molecular weight excluding hydrogens is 206 g/mol. The summed E-state index contributed by atoms with van der Waals surface area (Å²) in [7, 11) is 0. The Balaban J connectivity index is 2.51. The minimum atomic E-state index is -0.502. The number of ether oxygens (including phenoxy) is 1. The van der Waals surface area contributed by atoms with Crippen molar-refractivity contribution in [3.8, 4) is 0 Å². The van der Waals surface area contributed by atoms with Crippen LogP contribution in [0.25, 0.3) is 0 Å². The lowest BCUT2D eigenvalue weighted by atomic mass is 9.98. The van der Waals surface area contributed by atoms with Gasteiger partial charge in [0.1, 0.15) is 5.60 Å². The first kappa shape index (κ1) is 11.2. The van der Waals surface area contributed by atoms with Crippen LogP contribution in [-0.4, -0.2) is 28.2 Å². The minimum Gasteiger partial charge on any atom is -0.465 e. The Kier molecular flexibility index (Phi) is 3.84. The molecule has 0 aromatic rings. The molecule has 1 saturated heterocycles. The summed E-state index contributed by atoms with van der Waals surface area (Å²) in [5, 5.41) is 0.491. The predicted molar refractivity (Wildman–Crippen MR) is 68.1 cm³/mol. The maximum absolute atomic E-state index is 8.32. The summed E-state index contributed by atoms with van der Waals surface area (Å²) in [6, 6.07) is -0.502. The quantitative estimate of drug-likeness (QED) is 0.690. The second-order valence-corrected chi connectivity index (χ2v) is 5.40. The van der Waals surface area contributed by atoms with E-state index in [1.807, 2.05) is 25.7 Å². The van der Waals surface area contributed by atoms with Gasteiger partial charge in [0.05, 0.1) is 1.37 Å². The van der Waals surface area contributed by atoms with Crippen molar-refractivity contribution in [3.63, 3.8) is 0 Å². The van der Waals surface area contributed by atoms with Crippen LogP contribution in [0.2, 0.25) is 0 Å². The van der Waals surface area contributed by atoms with E-state index in [0.717, 1.165) is 32.2 Å². The summed E-state index contributed by atoms with van der Waals surface area (Å²) in [4.78, 5) is 1.92. The van der Waals surface area contributed by atoms with Gasteiger partial charge in [-0.15, -0.1) is 0 Å². The molecule has 0 saturated carbocycles. The fraction of sp³-hybridized carbons (Fsp3) is 0.917. The Labute approximate surface area is 100 Å². The monoisotopic (exact) mass is 230 g/mol. The Morgan fingerprint density at radius 3 is 2.67 bits per heavy atom. The number of nitrogens with zero attached hydrogens (tertiary/aromatic N) is 1. The van der Waals surface area contributed by atoms with E-state index in [9.17, 15) is 0 Å². The molecule has 15 heavy (non-hydrogen) atoms. The maximum atomic E-state index is 8.32. The zero-order chi connectivity index (χ0) is 12.4. The Morgan fingerprint density at radius 2 is 2.27 bits per heavy atom. The molecule has 2 nitrogen and oxygen atoms in total. The van der Waals surface area contributed by atoms with Crippen LogP contribution >= 0.6 is 12.2 Å². The van der Waals surface area contributed by atoms with Gasteiger partial charge in [0.2, 0.25) is 0 Å². The van der Waals surface area contributed by atoms with Gasteiger partial charge in [0.15, 0.2) is 0 Å². The molecule has 1 rings (SSSR count). The highest BCUT2D eigenvalue weighted by atomic mass is 32.1. The molecule has 3 heteroatoms. The lowest BCUT2D eigenvalue weighted by Gasteiger charge is -2.43. The number of hydrogen-bond donors (Lipinski definition) is 0. The summed E-state index contributed by atoms with van der Waals surface area (Å²) in [6.45, 7) is 8.96. The van der Waals surface area contributed by atoms with Crippen LogP contribution in [-0.2, 0) is 4.74 Å². The summed E-state index contributed by atoms with van der Waals surface area (Å²) in [5.41, 5.74) is -0.266. The third-order valence-electron chi connectivity index (χ3n) is 2.44. The standard InChI is InChI=1S/C12H23NOS/c1-5-6-7-10-8-9-13(10)11(15)14-12(2,3)4/h10H,5-9H2,1-4H3/i10D. The highest BCUT2D eigenvalue weighted by Crippen LogP contribution is 2.25. The van der Waals surface area contributed by atoms with Crippen LogP contribution in [0.4, 0.5) is 0 Å². The van der Waals surface area contributed by atoms with Crippen molar-refractivity contribution in [1.82, 2.24) is 4.90 Å². The topological polar surface area (TPSA) is 12.5 Å². The van der Waals surface area contributed by atoms with E-state index in [4.69, 9.17) is 18.3 Å². The molecule has 0 N–H and O–H groups in total. The molecule has 1 atom stereocenters. The van der Waals surface area contributed by atoms with Gasteiger partial charge in [0, 0.05) is 12.6 Å². The number of hydrogen-bond acceptors (Lipinski definition) is 2. The van der Waals surface area contributed by atoms with Crippen LogP contribution in [0.5, 0.6) is 0 Å². The van der Waals surface area contributed by atoms with Crippen molar-refractivity contribution >= 4 is 17.4 Å². The van der Waals surface area contributed by atoms with Crippen LogP contribution < -0.4 is 0 Å². The second-order valence-electron chi connectivity index (χ2n) is 5.05. The maximum Gasteiger partial charge on any atom is 0.260 e. The van der Waals surface area contributed by atoms with E-state index in [1.54, 1.807) is 0 Å². The van der Waals surface area contributed by atoms with Crippen molar-refractivity contribution in [3.05, 3.63) is 0 Å². The SMILES string of the molecule is [2H]C1(CCCC)CCN1C(=S)OC(C)(C)C. The highest BCUT2D eigenvalue weighted by molar-refractivity contribution is 7.80. The average Bonchev–Trinajstić information content (AvgIpc) is 2.09. The summed E-state index contributed by atoms with van der Waals surface area (Å²) in [5.74, 6) is 0. The Hall–Kier alpha value is -0.310. The van der Waals surface area contributed by atoms with Crippen LogP contribution in [0, 0.1) is 0 Å². The van der Waals surface area contributed by atoms with Crippen molar-refractivity contribution in [2.75, 3.05) is 6.54 Å². The third kappa shape index (κ3) is 3.98. The molecule has 0 radical (unpaired) electrons. The molecule has 0 amide bonds. The Morgan fingerprint density at radius 1 is 1.60 bits per heavy atom. The fourth-order valence-electron chi connectivity index (χ4n) is 1.56. The average molecular weight is 230 g/mol. The summed E-state index contributed by atoms with van der Waals surface area (Å²) < 4.78 is 14.0. The van der Waals surface area contributed by atoms with Gasteiger partial charge in [-0.3, -0.25) is 0 Å². The molecular formula is C12H23NOS. The summed E-state index contributed by atoms with van der Waals surface area (Å²) in [6.07, 6.45) is 4.00. The first-order valence-electron chi connectivity index (χ1n) is 6.29. The lowest BCUT2D eigenvalue weighted by Crippen LogP contribution is -2.52. The molecule has 0 bridgehead atoms.